The maximum absolute atomic E-state index is 5.56. The molecule has 0 N–H and O–H groups in total. The first-order valence-corrected chi connectivity index (χ1v) is 5.98. The van der Waals surface area contributed by atoms with Crippen molar-refractivity contribution >= 4 is 61.2 Å². The van der Waals surface area contributed by atoms with Crippen LogP contribution in [-0.4, -0.2) is 19.5 Å². The van der Waals surface area contributed by atoms with Gasteiger partial charge in [-0.1, -0.05) is 6.92 Å². The van der Waals surface area contributed by atoms with Crippen molar-refractivity contribution < 1.29 is 0 Å². The molecule has 0 aromatic rings. The quantitative estimate of drug-likeness (QED) is 0.509. The number of hydrogen-bond donors (Lipinski definition) is 0. The van der Waals surface area contributed by atoms with Gasteiger partial charge in [0.25, 0.3) is 0 Å². The minimum atomic E-state index is -0.510. The maximum atomic E-state index is 5.56. The molecule has 0 fully saturated rings. The molecular weight excluding hydrogens is 217 g/mol. The highest BCUT2D eigenvalue weighted by Crippen LogP contribution is 2.18. The lowest BCUT2D eigenvalue weighted by Crippen LogP contribution is -2.16. The molecule has 1 atom stereocenters. The largest absolute Gasteiger partial charge is 0.351 e. The van der Waals surface area contributed by atoms with Crippen molar-refractivity contribution in [3.05, 3.63) is 0 Å². The molecule has 0 radical (unpaired) electrons. The molecule has 54 valence electrons. The summed E-state index contributed by atoms with van der Waals surface area (Å²) in [5.74, 6) is 0. The lowest BCUT2D eigenvalue weighted by atomic mass is 10.0. The Bertz CT molecular complexity index is 78.2. The van der Waals surface area contributed by atoms with Crippen LogP contribution in [0.4, 0.5) is 0 Å². The van der Waals surface area contributed by atoms with E-state index < -0.39 is 9.52 Å². The first kappa shape index (κ1) is 10.4. The van der Waals surface area contributed by atoms with E-state index in [2.05, 4.69) is 0 Å². The minimum Gasteiger partial charge on any atom is -0.172 e. The molecule has 0 aliphatic heterocycles. The standard InChI is InChI=1S/C3H7BCl4Si/c1-2(4(7)8)9-3(5)6/h2-3H,9H2,1H3. The lowest BCUT2D eigenvalue weighted by Gasteiger charge is -2.07. The summed E-state index contributed by atoms with van der Waals surface area (Å²) in [4.78, 5) is 0. The van der Waals surface area contributed by atoms with Gasteiger partial charge in [-0.05, 0) is 5.44 Å². The Kier molecular flexibility index (Phi) is 5.96. The maximum Gasteiger partial charge on any atom is 0.351 e. The summed E-state index contributed by atoms with van der Waals surface area (Å²) in [6, 6.07) is 0. The van der Waals surface area contributed by atoms with Crippen LogP contribution in [0.5, 0.6) is 0 Å². The summed E-state index contributed by atoms with van der Waals surface area (Å²) < 4.78 is -0.222. The van der Waals surface area contributed by atoms with E-state index in [4.69, 9.17) is 46.1 Å². The summed E-state index contributed by atoms with van der Waals surface area (Å²) in [6.07, 6.45) is 0. The van der Waals surface area contributed by atoms with Crippen molar-refractivity contribution in [2.45, 2.75) is 16.8 Å². The smallest absolute Gasteiger partial charge is 0.172 e. The minimum absolute atomic E-state index is 0.222. The summed E-state index contributed by atoms with van der Waals surface area (Å²) in [5, 5.41) is 0. The van der Waals surface area contributed by atoms with Gasteiger partial charge in [-0.15, -0.1) is 23.2 Å². The average Bonchev–Trinajstić information content (AvgIpc) is 1.63. The van der Waals surface area contributed by atoms with E-state index in [9.17, 15) is 0 Å². The van der Waals surface area contributed by atoms with Crippen LogP contribution in [0.1, 0.15) is 6.92 Å². The Morgan fingerprint density at radius 2 is 1.78 bits per heavy atom. The highest BCUT2D eigenvalue weighted by molar-refractivity contribution is 7.36. The zero-order chi connectivity index (χ0) is 7.44. The molecular formula is C3H7BCl4Si. The van der Waals surface area contributed by atoms with Gasteiger partial charge in [0, 0.05) is 0 Å². The highest BCUT2D eigenvalue weighted by atomic mass is 35.5. The number of rotatable bonds is 3. The van der Waals surface area contributed by atoms with E-state index in [0.29, 0.717) is 5.44 Å². The Balaban J connectivity index is 3.38. The summed E-state index contributed by atoms with van der Waals surface area (Å²) >= 11 is 22.2. The molecule has 9 heavy (non-hydrogen) atoms. The third kappa shape index (κ3) is 5.87. The van der Waals surface area contributed by atoms with Gasteiger partial charge in [0.2, 0.25) is 0 Å². The van der Waals surface area contributed by atoms with Crippen LogP contribution in [0.3, 0.4) is 0 Å². The van der Waals surface area contributed by atoms with Crippen molar-refractivity contribution in [3.8, 4) is 0 Å². The molecule has 0 saturated heterocycles. The van der Waals surface area contributed by atoms with Gasteiger partial charge in [0.1, 0.15) is 0 Å². The zero-order valence-corrected chi connectivity index (χ0v) is 9.39. The van der Waals surface area contributed by atoms with Crippen molar-refractivity contribution in [2.24, 2.45) is 0 Å². The fourth-order valence-electron chi connectivity index (χ4n) is 0.384. The predicted octanol–water partition coefficient (Wildman–Crippen LogP) is 2.23. The molecule has 0 aliphatic rings. The predicted molar refractivity (Wildman–Crippen MR) is 50.9 cm³/mol. The van der Waals surface area contributed by atoms with Crippen LogP contribution in [0, 0.1) is 0 Å². The summed E-state index contributed by atoms with van der Waals surface area (Å²) in [6.45, 7) is 1.97. The Morgan fingerprint density at radius 3 is 1.89 bits per heavy atom. The number of alkyl halides is 2. The van der Waals surface area contributed by atoms with Crippen molar-refractivity contribution in [2.75, 3.05) is 0 Å². The van der Waals surface area contributed by atoms with E-state index in [1.165, 1.54) is 0 Å². The Labute approximate surface area is 77.9 Å². The second kappa shape index (κ2) is 5.14. The van der Waals surface area contributed by atoms with E-state index in [-0.39, 0.29) is 10.0 Å². The number of halogens is 4. The average molecular weight is 224 g/mol. The van der Waals surface area contributed by atoms with E-state index in [0.717, 1.165) is 0 Å². The molecule has 1 unspecified atom stereocenters. The molecule has 0 bridgehead atoms. The van der Waals surface area contributed by atoms with Crippen molar-refractivity contribution in [1.82, 2.24) is 0 Å². The van der Waals surface area contributed by atoms with E-state index in [1.54, 1.807) is 0 Å². The fourth-order valence-corrected chi connectivity index (χ4v) is 3.46. The van der Waals surface area contributed by atoms with Crippen molar-refractivity contribution in [1.29, 1.82) is 0 Å². The number of hydrogen-bond acceptors (Lipinski definition) is 0. The molecule has 0 spiro atoms. The molecule has 0 aliphatic carbocycles. The SMILES string of the molecule is CC([SiH2]C(Cl)Cl)B(Cl)Cl. The molecule has 0 aromatic carbocycles. The van der Waals surface area contributed by atoms with Gasteiger partial charge in [0.05, 0.1) is 14.0 Å². The van der Waals surface area contributed by atoms with Crippen LogP contribution in [-0.2, 0) is 0 Å². The monoisotopic (exact) mass is 222 g/mol. The molecule has 0 saturated carbocycles. The van der Waals surface area contributed by atoms with E-state index >= 15 is 0 Å². The second-order valence-corrected chi connectivity index (χ2v) is 7.99. The topological polar surface area (TPSA) is 0 Å². The van der Waals surface area contributed by atoms with Gasteiger partial charge in [-0.3, -0.25) is 0 Å². The van der Waals surface area contributed by atoms with Crippen LogP contribution in [0.25, 0.3) is 0 Å². The fraction of sp³-hybridized carbons (Fsp3) is 1.00. The van der Waals surface area contributed by atoms with Gasteiger partial charge in [-0.2, -0.15) is 22.9 Å². The second-order valence-electron chi connectivity index (χ2n) is 1.94. The third-order valence-electron chi connectivity index (χ3n) is 0.980. The molecule has 6 heteroatoms. The van der Waals surface area contributed by atoms with E-state index in [1.807, 2.05) is 6.92 Å². The van der Waals surface area contributed by atoms with Crippen molar-refractivity contribution in [3.63, 3.8) is 0 Å². The molecule has 0 amide bonds. The van der Waals surface area contributed by atoms with Gasteiger partial charge in [-0.25, -0.2) is 0 Å². The first-order chi connectivity index (χ1) is 4.04. The molecule has 0 aromatic heterocycles. The van der Waals surface area contributed by atoms with Crippen LogP contribution < -0.4 is 0 Å². The third-order valence-corrected chi connectivity index (χ3v) is 5.08. The summed E-state index contributed by atoms with van der Waals surface area (Å²) in [5.41, 5.74) is -0.00926. The van der Waals surface area contributed by atoms with Gasteiger partial charge >= 0.3 is 5.54 Å². The van der Waals surface area contributed by atoms with Crippen LogP contribution >= 0.6 is 46.1 Å². The molecule has 0 heterocycles. The zero-order valence-electron chi connectivity index (χ0n) is 4.95. The molecule has 0 rings (SSSR count). The Morgan fingerprint density at radius 1 is 1.33 bits per heavy atom. The lowest BCUT2D eigenvalue weighted by molar-refractivity contribution is 1.31. The highest BCUT2D eigenvalue weighted by Gasteiger charge is 2.19. The molecule has 0 nitrogen and oxygen atoms in total. The van der Waals surface area contributed by atoms with Crippen LogP contribution in [0.15, 0.2) is 0 Å². The normalized spacial score (nSPS) is 15.3. The summed E-state index contributed by atoms with van der Waals surface area (Å²) in [7, 11) is -0.510. The van der Waals surface area contributed by atoms with Gasteiger partial charge in [0.15, 0.2) is 0 Å². The Hall–Kier alpha value is 1.44. The first-order valence-electron chi connectivity index (χ1n) is 2.60. The van der Waals surface area contributed by atoms with Crippen LogP contribution in [0.2, 0.25) is 5.44 Å². The van der Waals surface area contributed by atoms with Gasteiger partial charge < -0.3 is 0 Å².